The highest BCUT2D eigenvalue weighted by Crippen LogP contribution is 2.52. The maximum absolute atomic E-state index is 12.8. The number of amides is 1. The van der Waals surface area contributed by atoms with E-state index in [0.29, 0.717) is 19.4 Å². The number of carboxylic acids is 1. The number of carboxylic acid groups (broad SMARTS) is 1. The smallest absolute Gasteiger partial charge is 0.332 e. The molecule has 0 bridgehead atoms. The lowest BCUT2D eigenvalue weighted by molar-refractivity contribution is -0.151. The van der Waals surface area contributed by atoms with Crippen LogP contribution in [0.4, 0.5) is 5.69 Å². The lowest BCUT2D eigenvalue weighted by atomic mass is 9.66. The van der Waals surface area contributed by atoms with Crippen molar-refractivity contribution in [1.82, 2.24) is 0 Å². The number of carbonyl (C=O) groups is 2. The van der Waals surface area contributed by atoms with Crippen molar-refractivity contribution in [3.05, 3.63) is 29.8 Å². The van der Waals surface area contributed by atoms with Gasteiger partial charge in [-0.05, 0) is 37.3 Å². The van der Waals surface area contributed by atoms with Crippen LogP contribution in [0.15, 0.2) is 24.3 Å². The van der Waals surface area contributed by atoms with Gasteiger partial charge in [0.25, 0.3) is 5.91 Å². The van der Waals surface area contributed by atoms with Gasteiger partial charge in [-0.1, -0.05) is 24.6 Å². The van der Waals surface area contributed by atoms with Crippen LogP contribution < -0.4 is 4.90 Å². The molecule has 1 saturated carbocycles. The number of rotatable bonds is 2. The molecule has 1 aromatic carbocycles. The number of anilines is 1. The van der Waals surface area contributed by atoms with Crippen LogP contribution in [0.2, 0.25) is 0 Å². The topological polar surface area (TPSA) is 66.8 Å². The third-order valence-electron chi connectivity index (χ3n) is 5.37. The first-order chi connectivity index (χ1) is 10.6. The summed E-state index contributed by atoms with van der Waals surface area (Å²) >= 11 is 0. The second-order valence-electron chi connectivity index (χ2n) is 6.60. The number of hydrogen-bond donors (Lipinski definition) is 1. The Balaban J connectivity index is 1.59. The molecule has 116 valence electrons. The Bertz CT molecular complexity index is 637. The van der Waals surface area contributed by atoms with Gasteiger partial charge >= 0.3 is 5.97 Å². The van der Waals surface area contributed by atoms with E-state index in [1.807, 2.05) is 23.1 Å². The Labute approximate surface area is 128 Å². The van der Waals surface area contributed by atoms with Crippen LogP contribution in [0.5, 0.6) is 0 Å². The normalized spacial score (nSPS) is 28.5. The quantitative estimate of drug-likeness (QED) is 0.908. The van der Waals surface area contributed by atoms with Gasteiger partial charge in [-0.3, -0.25) is 4.79 Å². The van der Waals surface area contributed by atoms with Crippen molar-refractivity contribution in [2.24, 2.45) is 0 Å². The lowest BCUT2D eigenvalue weighted by Gasteiger charge is -2.39. The molecule has 1 aliphatic carbocycles. The summed E-state index contributed by atoms with van der Waals surface area (Å²) in [6, 6.07) is 8.09. The predicted molar refractivity (Wildman–Crippen MR) is 79.9 cm³/mol. The Morgan fingerprint density at radius 1 is 1.18 bits per heavy atom. The van der Waals surface area contributed by atoms with Gasteiger partial charge in [0.05, 0.1) is 0 Å². The van der Waals surface area contributed by atoms with E-state index in [0.717, 1.165) is 18.5 Å². The molecule has 1 amide bonds. The van der Waals surface area contributed by atoms with E-state index in [1.165, 1.54) is 12.0 Å². The minimum Gasteiger partial charge on any atom is -0.479 e. The van der Waals surface area contributed by atoms with Crippen molar-refractivity contribution in [2.75, 3.05) is 11.4 Å². The molecular formula is C17H19NO4. The van der Waals surface area contributed by atoms with Gasteiger partial charge in [0, 0.05) is 17.6 Å². The minimum absolute atomic E-state index is 0.0834. The fourth-order valence-electron chi connectivity index (χ4n) is 4.03. The number of benzene rings is 1. The first-order valence-corrected chi connectivity index (χ1v) is 7.90. The molecule has 22 heavy (non-hydrogen) atoms. The molecule has 0 aromatic heterocycles. The van der Waals surface area contributed by atoms with E-state index in [-0.39, 0.29) is 11.3 Å². The van der Waals surface area contributed by atoms with Crippen molar-refractivity contribution in [3.8, 4) is 0 Å². The van der Waals surface area contributed by atoms with Crippen LogP contribution in [0.25, 0.3) is 0 Å². The number of ether oxygens (including phenoxy) is 1. The van der Waals surface area contributed by atoms with Crippen LogP contribution in [0.3, 0.4) is 0 Å². The third kappa shape index (κ3) is 1.88. The second kappa shape index (κ2) is 4.81. The summed E-state index contributed by atoms with van der Waals surface area (Å²) in [4.78, 5) is 25.6. The van der Waals surface area contributed by atoms with E-state index in [2.05, 4.69) is 6.07 Å². The monoisotopic (exact) mass is 301 g/mol. The summed E-state index contributed by atoms with van der Waals surface area (Å²) in [6.45, 7) is 0.711. The molecule has 1 aromatic rings. The number of carbonyl (C=O) groups excluding carboxylic acids is 1. The van der Waals surface area contributed by atoms with E-state index in [4.69, 9.17) is 9.84 Å². The lowest BCUT2D eigenvalue weighted by Crippen LogP contribution is -2.45. The summed E-state index contributed by atoms with van der Waals surface area (Å²) in [7, 11) is 0. The van der Waals surface area contributed by atoms with Crippen LogP contribution >= 0.6 is 0 Å². The zero-order valence-corrected chi connectivity index (χ0v) is 12.3. The molecule has 5 nitrogen and oxygen atoms in total. The van der Waals surface area contributed by atoms with E-state index in [1.54, 1.807) is 0 Å². The zero-order valence-electron chi connectivity index (χ0n) is 12.3. The zero-order chi connectivity index (χ0) is 15.3. The SMILES string of the molecule is O=C(O)[C@H]1CC[C@@H](C(=O)N2CC3(CCC3)c3ccccc32)O1. The molecule has 5 heteroatoms. The van der Waals surface area contributed by atoms with E-state index < -0.39 is 18.2 Å². The van der Waals surface area contributed by atoms with Gasteiger partial charge in [-0.25, -0.2) is 4.79 Å². The first-order valence-electron chi connectivity index (χ1n) is 7.90. The molecule has 1 saturated heterocycles. The molecule has 4 rings (SSSR count). The fraction of sp³-hybridized carbons (Fsp3) is 0.529. The maximum Gasteiger partial charge on any atom is 0.332 e. The van der Waals surface area contributed by atoms with Crippen molar-refractivity contribution in [3.63, 3.8) is 0 Å². The number of aliphatic carboxylic acids is 1. The summed E-state index contributed by atoms with van der Waals surface area (Å²) in [5.41, 5.74) is 2.37. The minimum atomic E-state index is -0.979. The Morgan fingerprint density at radius 2 is 1.91 bits per heavy atom. The number of para-hydroxylation sites is 1. The predicted octanol–water partition coefficient (Wildman–Crippen LogP) is 2.09. The molecule has 0 radical (unpaired) electrons. The molecular weight excluding hydrogens is 282 g/mol. The Morgan fingerprint density at radius 3 is 2.55 bits per heavy atom. The van der Waals surface area contributed by atoms with Crippen molar-refractivity contribution < 1.29 is 19.4 Å². The average molecular weight is 301 g/mol. The maximum atomic E-state index is 12.8. The number of hydrogen-bond acceptors (Lipinski definition) is 3. The molecule has 1 N–H and O–H groups in total. The van der Waals surface area contributed by atoms with E-state index in [9.17, 15) is 9.59 Å². The molecule has 0 unspecified atom stereocenters. The van der Waals surface area contributed by atoms with Crippen LogP contribution in [0.1, 0.15) is 37.7 Å². The van der Waals surface area contributed by atoms with Crippen LogP contribution in [-0.2, 0) is 19.7 Å². The Hall–Kier alpha value is -1.88. The first kappa shape index (κ1) is 13.8. The van der Waals surface area contributed by atoms with Crippen molar-refractivity contribution in [2.45, 2.75) is 49.7 Å². The van der Waals surface area contributed by atoms with Gasteiger partial charge in [0.15, 0.2) is 6.10 Å². The highest BCUT2D eigenvalue weighted by atomic mass is 16.5. The van der Waals surface area contributed by atoms with E-state index >= 15 is 0 Å². The molecule has 1 spiro atoms. The number of nitrogens with zero attached hydrogens (tertiary/aromatic N) is 1. The standard InChI is InChI=1S/C17H19NO4/c19-15(13-6-7-14(22-13)16(20)21)18-10-17(8-3-9-17)11-4-1-2-5-12(11)18/h1-2,4-5,13-14H,3,6-10H2,(H,20,21)/t13-,14+/m0/s1. The van der Waals surface area contributed by atoms with Gasteiger partial charge in [-0.15, -0.1) is 0 Å². The third-order valence-corrected chi connectivity index (χ3v) is 5.37. The summed E-state index contributed by atoms with van der Waals surface area (Å²) in [6.07, 6.45) is 2.88. The second-order valence-corrected chi connectivity index (χ2v) is 6.60. The van der Waals surface area contributed by atoms with Gasteiger partial charge < -0.3 is 14.7 Å². The van der Waals surface area contributed by atoms with Gasteiger partial charge in [0.1, 0.15) is 6.10 Å². The van der Waals surface area contributed by atoms with Crippen molar-refractivity contribution >= 4 is 17.6 Å². The highest BCUT2D eigenvalue weighted by Gasteiger charge is 2.50. The average Bonchev–Trinajstić information content (AvgIpc) is 3.09. The largest absolute Gasteiger partial charge is 0.479 e. The fourth-order valence-corrected chi connectivity index (χ4v) is 4.03. The summed E-state index contributed by atoms with van der Waals surface area (Å²) in [5.74, 6) is -1.06. The molecule has 2 heterocycles. The molecule has 3 aliphatic rings. The van der Waals surface area contributed by atoms with Crippen LogP contribution in [-0.4, -0.2) is 35.7 Å². The highest BCUT2D eigenvalue weighted by molar-refractivity contribution is 5.99. The molecule has 2 fully saturated rings. The number of fused-ring (bicyclic) bond motifs is 2. The van der Waals surface area contributed by atoms with Crippen LogP contribution in [0, 0.1) is 0 Å². The summed E-state index contributed by atoms with van der Waals surface area (Å²) in [5, 5.41) is 9.02. The Kier molecular flexibility index (Phi) is 3.01. The summed E-state index contributed by atoms with van der Waals surface area (Å²) < 4.78 is 5.44. The van der Waals surface area contributed by atoms with Gasteiger partial charge in [0.2, 0.25) is 0 Å². The van der Waals surface area contributed by atoms with Crippen molar-refractivity contribution in [1.29, 1.82) is 0 Å². The molecule has 2 atom stereocenters. The molecule has 2 aliphatic heterocycles. The van der Waals surface area contributed by atoms with Gasteiger partial charge in [-0.2, -0.15) is 0 Å².